The van der Waals surface area contributed by atoms with Gasteiger partial charge in [0.15, 0.2) is 10.8 Å². The fraction of sp³-hybridized carbons (Fsp3) is 0.333. The van der Waals surface area contributed by atoms with Crippen LogP contribution in [0.3, 0.4) is 0 Å². The zero-order valence-electron chi connectivity index (χ0n) is 11.5. The van der Waals surface area contributed by atoms with E-state index in [9.17, 15) is 4.79 Å². The quantitative estimate of drug-likeness (QED) is 0.882. The van der Waals surface area contributed by atoms with Crippen LogP contribution >= 0.6 is 11.3 Å². The predicted molar refractivity (Wildman–Crippen MR) is 79.5 cm³/mol. The Morgan fingerprint density at radius 3 is 2.60 bits per heavy atom. The minimum atomic E-state index is -0.374. The van der Waals surface area contributed by atoms with Crippen LogP contribution in [-0.4, -0.2) is 24.1 Å². The van der Waals surface area contributed by atoms with Crippen molar-refractivity contribution in [3.05, 3.63) is 46.0 Å². The maximum Gasteiger partial charge on any atom is 0.357 e. The first kappa shape index (κ1) is 13.1. The minimum Gasteiger partial charge on any atom is -0.464 e. The molecule has 1 aromatic carbocycles. The summed E-state index contributed by atoms with van der Waals surface area (Å²) in [5, 5.41) is 4.22. The second kappa shape index (κ2) is 5.25. The van der Waals surface area contributed by atoms with Gasteiger partial charge in [0.25, 0.3) is 0 Å². The first-order chi connectivity index (χ1) is 9.67. The third-order valence-corrected chi connectivity index (χ3v) is 4.46. The molecule has 0 aliphatic heterocycles. The van der Waals surface area contributed by atoms with Crippen LogP contribution in [0.5, 0.6) is 0 Å². The minimum absolute atomic E-state index is 0.350. The molecule has 0 saturated heterocycles. The second-order valence-electron chi connectivity index (χ2n) is 4.93. The summed E-state index contributed by atoms with van der Waals surface area (Å²) < 4.78 is 4.73. The van der Waals surface area contributed by atoms with Gasteiger partial charge in [-0.15, -0.1) is 11.3 Å². The Morgan fingerprint density at radius 2 is 2.00 bits per heavy atom. The van der Waals surface area contributed by atoms with Crippen LogP contribution < -0.4 is 5.32 Å². The van der Waals surface area contributed by atoms with Crippen LogP contribution in [0.1, 0.15) is 26.5 Å². The number of aryl methyl sites for hydroxylation is 1. The smallest absolute Gasteiger partial charge is 0.357 e. The van der Waals surface area contributed by atoms with Crippen molar-refractivity contribution < 1.29 is 9.53 Å². The van der Waals surface area contributed by atoms with Crippen molar-refractivity contribution in [2.24, 2.45) is 0 Å². The first-order valence-electron chi connectivity index (χ1n) is 6.56. The molecule has 1 N–H and O–H groups in total. The Morgan fingerprint density at radius 1 is 1.35 bits per heavy atom. The molecule has 0 fully saturated rings. The Hall–Kier alpha value is -1.88. The number of hydrogen-bond acceptors (Lipinski definition) is 5. The van der Waals surface area contributed by atoms with Crippen LogP contribution in [0.15, 0.2) is 24.3 Å². The van der Waals surface area contributed by atoms with Crippen molar-refractivity contribution in [1.29, 1.82) is 0 Å². The van der Waals surface area contributed by atoms with E-state index in [0.717, 1.165) is 22.9 Å². The molecule has 1 aliphatic rings. The number of thiazole rings is 1. The number of nitrogens with zero attached hydrogens (tertiary/aromatic N) is 1. The molecule has 2 aromatic rings. The van der Waals surface area contributed by atoms with E-state index in [4.69, 9.17) is 4.74 Å². The molecule has 104 valence electrons. The van der Waals surface area contributed by atoms with Crippen LogP contribution in [0, 0.1) is 6.92 Å². The van der Waals surface area contributed by atoms with Crippen molar-refractivity contribution in [3.63, 3.8) is 0 Å². The molecular weight excluding hydrogens is 272 g/mol. The molecule has 0 unspecified atom stereocenters. The average Bonchev–Trinajstić information content (AvgIpc) is 3.01. The monoisotopic (exact) mass is 288 g/mol. The summed E-state index contributed by atoms with van der Waals surface area (Å²) in [6.07, 6.45) is 2.00. The number of carbonyl (C=O) groups is 1. The van der Waals surface area contributed by atoms with Gasteiger partial charge in [0, 0.05) is 10.9 Å². The summed E-state index contributed by atoms with van der Waals surface area (Å²) in [4.78, 5) is 16.8. The lowest BCUT2D eigenvalue weighted by Crippen LogP contribution is -2.19. The van der Waals surface area contributed by atoms with Crippen molar-refractivity contribution in [2.75, 3.05) is 12.4 Å². The van der Waals surface area contributed by atoms with Gasteiger partial charge in [0.2, 0.25) is 0 Å². The van der Waals surface area contributed by atoms with E-state index in [1.807, 2.05) is 6.92 Å². The van der Waals surface area contributed by atoms with Gasteiger partial charge in [0.05, 0.1) is 7.11 Å². The normalized spacial score (nSPS) is 14.1. The Labute approximate surface area is 121 Å². The number of rotatable bonds is 3. The molecule has 5 heteroatoms. The van der Waals surface area contributed by atoms with Gasteiger partial charge in [-0.1, -0.05) is 24.3 Å². The van der Waals surface area contributed by atoms with Crippen LogP contribution in [0.4, 0.5) is 5.13 Å². The van der Waals surface area contributed by atoms with E-state index in [1.165, 1.54) is 29.6 Å². The number of anilines is 1. The molecule has 20 heavy (non-hydrogen) atoms. The van der Waals surface area contributed by atoms with E-state index < -0.39 is 0 Å². The van der Waals surface area contributed by atoms with Crippen LogP contribution in [-0.2, 0) is 17.6 Å². The van der Waals surface area contributed by atoms with E-state index in [0.29, 0.717) is 11.7 Å². The molecule has 3 rings (SSSR count). The molecule has 0 radical (unpaired) electrons. The van der Waals surface area contributed by atoms with Gasteiger partial charge in [-0.2, -0.15) is 0 Å². The third-order valence-electron chi connectivity index (χ3n) is 3.55. The summed E-state index contributed by atoms with van der Waals surface area (Å²) in [7, 11) is 1.38. The summed E-state index contributed by atoms with van der Waals surface area (Å²) in [6, 6.07) is 8.84. The van der Waals surface area contributed by atoms with Crippen molar-refractivity contribution in [1.82, 2.24) is 4.98 Å². The van der Waals surface area contributed by atoms with Gasteiger partial charge in [0.1, 0.15) is 0 Å². The summed E-state index contributed by atoms with van der Waals surface area (Å²) in [5.41, 5.74) is 3.20. The van der Waals surface area contributed by atoms with Gasteiger partial charge >= 0.3 is 5.97 Å². The topological polar surface area (TPSA) is 51.2 Å². The van der Waals surface area contributed by atoms with E-state index in [2.05, 4.69) is 34.6 Å². The average molecular weight is 288 g/mol. The third kappa shape index (κ3) is 2.41. The maximum absolute atomic E-state index is 11.6. The molecule has 1 heterocycles. The van der Waals surface area contributed by atoms with E-state index in [-0.39, 0.29) is 5.97 Å². The number of nitrogens with one attached hydrogen (secondary N) is 1. The van der Waals surface area contributed by atoms with Crippen LogP contribution in [0.2, 0.25) is 0 Å². The molecular formula is C15H16N2O2S. The summed E-state index contributed by atoms with van der Waals surface area (Å²) in [5.74, 6) is -0.374. The number of fused-ring (bicyclic) bond motifs is 1. The lowest BCUT2D eigenvalue weighted by atomic mass is 10.1. The Bertz CT molecular complexity index is 626. The fourth-order valence-electron chi connectivity index (χ4n) is 2.58. The van der Waals surface area contributed by atoms with E-state index >= 15 is 0 Å². The summed E-state index contributed by atoms with van der Waals surface area (Å²) in [6.45, 7) is 1.89. The highest BCUT2D eigenvalue weighted by Crippen LogP contribution is 2.28. The highest BCUT2D eigenvalue weighted by Gasteiger charge is 2.23. The summed E-state index contributed by atoms with van der Waals surface area (Å²) >= 11 is 1.50. The zero-order valence-corrected chi connectivity index (χ0v) is 12.3. The fourth-order valence-corrected chi connectivity index (χ4v) is 3.46. The number of esters is 1. The molecule has 1 aromatic heterocycles. The number of hydrogen-bond donors (Lipinski definition) is 1. The Kier molecular flexibility index (Phi) is 3.44. The number of ether oxygens (including phenoxy) is 1. The number of benzene rings is 1. The van der Waals surface area contributed by atoms with Crippen molar-refractivity contribution in [2.45, 2.75) is 25.8 Å². The van der Waals surface area contributed by atoms with Crippen molar-refractivity contribution >= 4 is 22.4 Å². The standard InChI is InChI=1S/C15H16N2O2S/c1-9-13(14(18)19-2)17-15(20-9)16-12-7-10-5-3-4-6-11(10)8-12/h3-6,12H,7-8H2,1-2H3,(H,16,17). The van der Waals surface area contributed by atoms with Gasteiger partial charge in [-0.25, -0.2) is 9.78 Å². The SMILES string of the molecule is COC(=O)c1nc(NC2Cc3ccccc3C2)sc1C. The zero-order chi connectivity index (χ0) is 14.1. The van der Waals surface area contributed by atoms with Gasteiger partial charge in [-0.05, 0) is 30.9 Å². The largest absolute Gasteiger partial charge is 0.464 e. The molecule has 0 saturated carbocycles. The number of carbonyl (C=O) groups excluding carboxylic acids is 1. The molecule has 0 spiro atoms. The van der Waals surface area contributed by atoms with Crippen LogP contribution in [0.25, 0.3) is 0 Å². The predicted octanol–water partition coefficient (Wildman–Crippen LogP) is 2.82. The molecule has 4 nitrogen and oxygen atoms in total. The number of methoxy groups -OCH3 is 1. The molecule has 1 aliphatic carbocycles. The highest BCUT2D eigenvalue weighted by atomic mass is 32.1. The van der Waals surface area contributed by atoms with Gasteiger partial charge < -0.3 is 10.1 Å². The van der Waals surface area contributed by atoms with Gasteiger partial charge in [-0.3, -0.25) is 0 Å². The second-order valence-corrected chi connectivity index (χ2v) is 6.14. The molecule has 0 bridgehead atoms. The molecule has 0 amide bonds. The lowest BCUT2D eigenvalue weighted by molar-refractivity contribution is 0.0594. The molecule has 0 atom stereocenters. The van der Waals surface area contributed by atoms with Crippen molar-refractivity contribution in [3.8, 4) is 0 Å². The lowest BCUT2D eigenvalue weighted by Gasteiger charge is -2.09. The maximum atomic E-state index is 11.6. The highest BCUT2D eigenvalue weighted by molar-refractivity contribution is 7.15. The Balaban J connectivity index is 1.73. The number of aromatic nitrogens is 1. The van der Waals surface area contributed by atoms with E-state index in [1.54, 1.807) is 0 Å². The first-order valence-corrected chi connectivity index (χ1v) is 7.38.